The van der Waals surface area contributed by atoms with Crippen LogP contribution in [0.3, 0.4) is 0 Å². The average Bonchev–Trinajstić information content (AvgIpc) is 3.07. The normalized spacial score (nSPS) is 15.8. The summed E-state index contributed by atoms with van der Waals surface area (Å²) in [5.74, 6) is 0.0543. The summed E-state index contributed by atoms with van der Waals surface area (Å²) >= 11 is 1.66. The van der Waals surface area contributed by atoms with Crippen molar-refractivity contribution in [3.05, 3.63) is 10.6 Å². The Balaban J connectivity index is 1.87. The number of rotatable bonds is 7. The molecule has 2 heterocycles. The molecule has 1 aliphatic rings. The van der Waals surface area contributed by atoms with Crippen LogP contribution in [0.25, 0.3) is 0 Å². The fourth-order valence-corrected chi connectivity index (χ4v) is 3.78. The maximum atomic E-state index is 12.4. The molecule has 7 heteroatoms. The van der Waals surface area contributed by atoms with E-state index in [4.69, 9.17) is 0 Å². The zero-order valence-electron chi connectivity index (χ0n) is 14.4. The fourth-order valence-electron chi connectivity index (χ4n) is 2.80. The highest BCUT2D eigenvalue weighted by molar-refractivity contribution is 7.15. The van der Waals surface area contributed by atoms with Crippen LogP contribution in [0.5, 0.6) is 0 Å². The van der Waals surface area contributed by atoms with Crippen molar-refractivity contribution in [1.29, 1.82) is 0 Å². The van der Waals surface area contributed by atoms with E-state index in [1.807, 2.05) is 32.8 Å². The first-order valence-electron chi connectivity index (χ1n) is 8.14. The largest absolute Gasteiger partial charge is 0.354 e. The van der Waals surface area contributed by atoms with Crippen molar-refractivity contribution in [3.8, 4) is 0 Å². The van der Waals surface area contributed by atoms with Crippen LogP contribution in [-0.4, -0.2) is 54.9 Å². The van der Waals surface area contributed by atoms with Crippen molar-refractivity contribution in [3.63, 3.8) is 0 Å². The topological polar surface area (TPSA) is 65.5 Å². The molecule has 0 aliphatic carbocycles. The maximum Gasteiger partial charge on any atom is 0.242 e. The number of hydrogen-bond acceptors (Lipinski definition) is 5. The van der Waals surface area contributed by atoms with Gasteiger partial charge in [0, 0.05) is 44.9 Å². The molecule has 0 aromatic carbocycles. The monoisotopic (exact) mass is 338 g/mol. The molecule has 0 radical (unpaired) electrons. The molecule has 1 aromatic rings. The van der Waals surface area contributed by atoms with E-state index < -0.39 is 0 Å². The Morgan fingerprint density at radius 3 is 2.74 bits per heavy atom. The number of aromatic nitrogens is 1. The third-order valence-corrected chi connectivity index (χ3v) is 5.48. The molecule has 0 saturated carbocycles. The van der Waals surface area contributed by atoms with E-state index >= 15 is 0 Å². The van der Waals surface area contributed by atoms with Crippen LogP contribution < -0.4 is 10.2 Å². The lowest BCUT2D eigenvalue weighted by molar-refractivity contribution is -0.137. The Labute approximate surface area is 141 Å². The number of likely N-dealkylation sites (tertiary alicyclic amines) is 1. The van der Waals surface area contributed by atoms with Crippen LogP contribution in [0.2, 0.25) is 0 Å². The second-order valence-electron chi connectivity index (χ2n) is 6.06. The Kier molecular flexibility index (Phi) is 5.98. The predicted octanol–water partition coefficient (Wildman–Crippen LogP) is 1.58. The number of carbonyl (C=O) groups is 2. The Bertz CT molecular complexity index is 570. The molecule has 2 rings (SSSR count). The molecule has 2 amide bonds. The van der Waals surface area contributed by atoms with Gasteiger partial charge in [-0.3, -0.25) is 9.59 Å². The van der Waals surface area contributed by atoms with Crippen molar-refractivity contribution in [2.75, 3.05) is 32.1 Å². The van der Waals surface area contributed by atoms with Crippen LogP contribution in [0, 0.1) is 6.92 Å². The molecule has 1 aromatic heterocycles. The summed E-state index contributed by atoms with van der Waals surface area (Å²) in [6.45, 7) is 5.23. The van der Waals surface area contributed by atoms with Crippen molar-refractivity contribution < 1.29 is 9.59 Å². The van der Waals surface area contributed by atoms with Gasteiger partial charge in [0.1, 0.15) is 6.04 Å². The van der Waals surface area contributed by atoms with Crippen molar-refractivity contribution >= 4 is 28.3 Å². The van der Waals surface area contributed by atoms with Gasteiger partial charge in [-0.1, -0.05) is 6.92 Å². The summed E-state index contributed by atoms with van der Waals surface area (Å²) < 4.78 is 0. The van der Waals surface area contributed by atoms with Crippen molar-refractivity contribution in [1.82, 2.24) is 15.2 Å². The van der Waals surface area contributed by atoms with E-state index in [2.05, 4.69) is 10.3 Å². The zero-order chi connectivity index (χ0) is 17.0. The lowest BCUT2D eigenvalue weighted by Gasteiger charge is -2.25. The van der Waals surface area contributed by atoms with Gasteiger partial charge in [-0.15, -0.1) is 11.3 Å². The van der Waals surface area contributed by atoms with Gasteiger partial charge in [0.25, 0.3) is 0 Å². The minimum Gasteiger partial charge on any atom is -0.354 e. The Morgan fingerprint density at radius 2 is 2.22 bits per heavy atom. The number of aryl methyl sites for hydroxylation is 1. The highest BCUT2D eigenvalue weighted by atomic mass is 32.1. The van der Waals surface area contributed by atoms with Crippen LogP contribution in [0.4, 0.5) is 5.13 Å². The predicted molar refractivity (Wildman–Crippen MR) is 92.9 cm³/mol. The smallest absolute Gasteiger partial charge is 0.242 e. The average molecular weight is 338 g/mol. The molecule has 0 unspecified atom stereocenters. The minimum absolute atomic E-state index is 0.0437. The zero-order valence-corrected chi connectivity index (χ0v) is 15.2. The first-order valence-corrected chi connectivity index (χ1v) is 8.96. The van der Waals surface area contributed by atoms with Gasteiger partial charge in [-0.25, -0.2) is 4.98 Å². The molecule has 1 fully saturated rings. The number of carbonyl (C=O) groups excluding carboxylic acids is 2. The fraction of sp³-hybridized carbons (Fsp3) is 0.688. The second-order valence-corrected chi connectivity index (χ2v) is 7.12. The molecule has 128 valence electrons. The molecule has 0 spiro atoms. The van der Waals surface area contributed by atoms with E-state index in [9.17, 15) is 9.59 Å². The van der Waals surface area contributed by atoms with Gasteiger partial charge >= 0.3 is 0 Å². The molecule has 0 bridgehead atoms. The Hall–Kier alpha value is -1.63. The van der Waals surface area contributed by atoms with Crippen LogP contribution in [-0.2, 0) is 16.0 Å². The molecule has 23 heavy (non-hydrogen) atoms. The molecule has 1 saturated heterocycles. The van der Waals surface area contributed by atoms with E-state index in [1.54, 1.807) is 16.2 Å². The van der Waals surface area contributed by atoms with Gasteiger partial charge in [0.2, 0.25) is 11.8 Å². The molecule has 1 aliphatic heterocycles. The molecule has 6 nitrogen and oxygen atoms in total. The van der Waals surface area contributed by atoms with E-state index in [-0.39, 0.29) is 17.9 Å². The number of anilines is 1. The summed E-state index contributed by atoms with van der Waals surface area (Å²) in [6, 6.07) is -0.329. The number of hydrogen-bond donors (Lipinski definition) is 1. The number of thiazole rings is 1. The minimum atomic E-state index is -0.329. The van der Waals surface area contributed by atoms with Gasteiger partial charge < -0.3 is 15.1 Å². The van der Waals surface area contributed by atoms with E-state index in [1.165, 1.54) is 4.88 Å². The van der Waals surface area contributed by atoms with Gasteiger partial charge in [0.15, 0.2) is 5.13 Å². The van der Waals surface area contributed by atoms with Crippen LogP contribution >= 0.6 is 11.3 Å². The van der Waals surface area contributed by atoms with E-state index in [0.29, 0.717) is 25.9 Å². The molecular weight excluding hydrogens is 312 g/mol. The molecular formula is C16H26N4O2S. The third kappa shape index (κ3) is 4.22. The standard InChI is InChI=1S/C16H26N4O2S/c1-5-12(20-10-6-7-14(20)21)15(22)17-9-8-13-11(2)18-16(23-13)19(3)4/h12H,5-10H2,1-4H3,(H,17,22)/t12-/m1/s1. The quantitative estimate of drug-likeness (QED) is 0.820. The van der Waals surface area contributed by atoms with Crippen molar-refractivity contribution in [2.24, 2.45) is 0 Å². The van der Waals surface area contributed by atoms with Crippen molar-refractivity contribution in [2.45, 2.75) is 45.6 Å². The maximum absolute atomic E-state index is 12.4. The lowest BCUT2D eigenvalue weighted by Crippen LogP contribution is -2.47. The van der Waals surface area contributed by atoms with Crippen LogP contribution in [0.1, 0.15) is 36.8 Å². The lowest BCUT2D eigenvalue weighted by atomic mass is 10.2. The Morgan fingerprint density at radius 1 is 1.48 bits per heavy atom. The number of nitrogens with one attached hydrogen (secondary N) is 1. The molecule has 1 atom stereocenters. The SMILES string of the molecule is CC[C@H](C(=O)NCCc1sc(N(C)C)nc1C)N1CCCC1=O. The summed E-state index contributed by atoms with van der Waals surface area (Å²) in [4.78, 5) is 33.6. The van der Waals surface area contributed by atoms with Gasteiger partial charge in [-0.2, -0.15) is 0 Å². The van der Waals surface area contributed by atoms with Gasteiger partial charge in [0.05, 0.1) is 5.69 Å². The van der Waals surface area contributed by atoms with E-state index in [0.717, 1.165) is 23.7 Å². The highest BCUT2D eigenvalue weighted by Gasteiger charge is 2.31. The number of nitrogens with zero attached hydrogens (tertiary/aromatic N) is 3. The summed E-state index contributed by atoms with van der Waals surface area (Å²) in [7, 11) is 3.95. The summed E-state index contributed by atoms with van der Waals surface area (Å²) in [5, 5.41) is 3.96. The first-order chi connectivity index (χ1) is 10.9. The summed E-state index contributed by atoms with van der Waals surface area (Å²) in [5.41, 5.74) is 1.02. The van der Waals surface area contributed by atoms with Crippen LogP contribution in [0.15, 0.2) is 0 Å². The highest BCUT2D eigenvalue weighted by Crippen LogP contribution is 2.24. The second kappa shape index (κ2) is 7.77. The molecule has 1 N–H and O–H groups in total. The first kappa shape index (κ1) is 17.7. The third-order valence-electron chi connectivity index (χ3n) is 4.09. The van der Waals surface area contributed by atoms with Gasteiger partial charge in [-0.05, 0) is 19.8 Å². The summed E-state index contributed by atoms with van der Waals surface area (Å²) in [6.07, 6.45) is 2.85. The number of amides is 2.